The second kappa shape index (κ2) is 6.66. The fourth-order valence-electron chi connectivity index (χ4n) is 1.77. The van der Waals surface area contributed by atoms with Crippen molar-refractivity contribution in [1.82, 2.24) is 10.2 Å². The molecule has 0 bridgehead atoms. The van der Waals surface area contributed by atoms with Crippen LogP contribution in [-0.2, 0) is 0 Å². The van der Waals surface area contributed by atoms with Crippen LogP contribution in [0.4, 0.5) is 0 Å². The third-order valence-corrected chi connectivity index (χ3v) is 2.96. The summed E-state index contributed by atoms with van der Waals surface area (Å²) in [6, 6.07) is 9.27. The van der Waals surface area contributed by atoms with Crippen LogP contribution >= 0.6 is 0 Å². The molecule has 1 aromatic carbocycles. The van der Waals surface area contributed by atoms with Crippen molar-refractivity contribution in [3.63, 3.8) is 0 Å². The largest absolute Gasteiger partial charge is 0.309 e. The van der Waals surface area contributed by atoms with E-state index in [0.29, 0.717) is 6.04 Å². The van der Waals surface area contributed by atoms with E-state index in [1.807, 2.05) is 0 Å². The fourth-order valence-corrected chi connectivity index (χ4v) is 1.77. The molecule has 2 heteroatoms. The third kappa shape index (κ3) is 3.95. The highest BCUT2D eigenvalue weighted by molar-refractivity contribution is 5.24. The van der Waals surface area contributed by atoms with E-state index in [1.165, 1.54) is 11.1 Å². The lowest BCUT2D eigenvalue weighted by Crippen LogP contribution is -2.32. The summed E-state index contributed by atoms with van der Waals surface area (Å²) in [5, 5.41) is 3.54. The monoisotopic (exact) mass is 220 g/mol. The first-order chi connectivity index (χ1) is 7.67. The zero-order valence-corrected chi connectivity index (χ0v) is 11.0. The van der Waals surface area contributed by atoms with Crippen LogP contribution < -0.4 is 5.32 Å². The van der Waals surface area contributed by atoms with Crippen LogP contribution in [0, 0.1) is 6.92 Å². The molecule has 0 heterocycles. The minimum Gasteiger partial charge on any atom is -0.309 e. The fraction of sp³-hybridized carbons (Fsp3) is 0.571. The molecular weight excluding hydrogens is 196 g/mol. The highest BCUT2D eigenvalue weighted by Gasteiger charge is 2.11. The minimum atomic E-state index is 0.440. The predicted molar refractivity (Wildman–Crippen MR) is 70.8 cm³/mol. The van der Waals surface area contributed by atoms with Gasteiger partial charge in [-0.15, -0.1) is 0 Å². The first kappa shape index (κ1) is 13.2. The Morgan fingerprint density at radius 2 is 1.81 bits per heavy atom. The van der Waals surface area contributed by atoms with E-state index in [0.717, 1.165) is 19.6 Å². The van der Waals surface area contributed by atoms with E-state index in [2.05, 4.69) is 62.3 Å². The lowest BCUT2D eigenvalue weighted by Gasteiger charge is -2.24. The zero-order valence-electron chi connectivity index (χ0n) is 11.0. The molecule has 0 aliphatic carbocycles. The summed E-state index contributed by atoms with van der Waals surface area (Å²) in [5.74, 6) is 0. The molecule has 0 saturated heterocycles. The van der Waals surface area contributed by atoms with Crippen molar-refractivity contribution in [2.75, 3.05) is 26.7 Å². The van der Waals surface area contributed by atoms with Gasteiger partial charge in [-0.2, -0.15) is 0 Å². The molecule has 0 radical (unpaired) electrons. The highest BCUT2D eigenvalue weighted by atomic mass is 15.1. The van der Waals surface area contributed by atoms with Crippen LogP contribution in [0.15, 0.2) is 24.3 Å². The molecule has 1 N–H and O–H groups in total. The number of hydrogen-bond acceptors (Lipinski definition) is 2. The van der Waals surface area contributed by atoms with Gasteiger partial charge in [0.25, 0.3) is 0 Å². The van der Waals surface area contributed by atoms with E-state index < -0.39 is 0 Å². The molecule has 1 rings (SSSR count). The van der Waals surface area contributed by atoms with Crippen molar-refractivity contribution < 1.29 is 0 Å². The van der Waals surface area contributed by atoms with Crippen LogP contribution in [0.3, 0.4) is 0 Å². The lowest BCUT2D eigenvalue weighted by atomic mass is 10.0. The quantitative estimate of drug-likeness (QED) is 0.792. The highest BCUT2D eigenvalue weighted by Crippen LogP contribution is 2.14. The van der Waals surface area contributed by atoms with Gasteiger partial charge in [0.15, 0.2) is 0 Å². The Kier molecular flexibility index (Phi) is 5.50. The predicted octanol–water partition coefficient (Wildman–Crippen LogP) is 2.60. The molecule has 0 fully saturated rings. The van der Waals surface area contributed by atoms with Crippen LogP contribution in [-0.4, -0.2) is 31.6 Å². The molecule has 0 spiro atoms. The second-order valence-electron chi connectivity index (χ2n) is 4.38. The molecule has 1 unspecified atom stereocenters. The number of nitrogens with zero attached hydrogens (tertiary/aromatic N) is 1. The second-order valence-corrected chi connectivity index (χ2v) is 4.38. The number of likely N-dealkylation sites (N-methyl/N-ethyl adjacent to an activating group) is 2. The molecule has 1 aromatic rings. The van der Waals surface area contributed by atoms with Crippen LogP contribution in [0.5, 0.6) is 0 Å². The summed E-state index contributed by atoms with van der Waals surface area (Å²) in [6.07, 6.45) is 0. The van der Waals surface area contributed by atoms with Crippen molar-refractivity contribution in [2.24, 2.45) is 0 Å². The molecule has 0 aliphatic heterocycles. The molecule has 90 valence electrons. The maximum absolute atomic E-state index is 3.54. The molecule has 1 atom stereocenters. The molecule has 0 aromatic heterocycles. The number of nitrogens with one attached hydrogen (secondary N) is 1. The zero-order chi connectivity index (χ0) is 12.0. The number of benzene rings is 1. The molecule has 0 aliphatic rings. The maximum Gasteiger partial charge on any atom is 0.0449 e. The SMILES string of the molecule is CCNC(CN(C)CC)c1ccc(C)cc1. The van der Waals surface area contributed by atoms with E-state index in [9.17, 15) is 0 Å². The average Bonchev–Trinajstić information content (AvgIpc) is 2.29. The Morgan fingerprint density at radius 3 is 2.31 bits per heavy atom. The van der Waals surface area contributed by atoms with Gasteiger partial charge in [-0.05, 0) is 32.6 Å². The third-order valence-electron chi connectivity index (χ3n) is 2.96. The van der Waals surface area contributed by atoms with E-state index in [4.69, 9.17) is 0 Å². The molecular formula is C14H24N2. The Labute approximate surface area is 99.7 Å². The van der Waals surface area contributed by atoms with Gasteiger partial charge < -0.3 is 10.2 Å². The van der Waals surface area contributed by atoms with Gasteiger partial charge in [-0.25, -0.2) is 0 Å². The maximum atomic E-state index is 3.54. The Hall–Kier alpha value is -0.860. The van der Waals surface area contributed by atoms with Gasteiger partial charge in [-0.1, -0.05) is 43.7 Å². The molecule has 2 nitrogen and oxygen atoms in total. The van der Waals surface area contributed by atoms with Crippen molar-refractivity contribution in [2.45, 2.75) is 26.8 Å². The number of rotatable bonds is 6. The van der Waals surface area contributed by atoms with Gasteiger partial charge in [0.05, 0.1) is 0 Å². The van der Waals surface area contributed by atoms with E-state index in [-0.39, 0.29) is 0 Å². The van der Waals surface area contributed by atoms with Crippen molar-refractivity contribution in [3.05, 3.63) is 35.4 Å². The van der Waals surface area contributed by atoms with Crippen LogP contribution in [0.25, 0.3) is 0 Å². The van der Waals surface area contributed by atoms with Gasteiger partial charge in [-0.3, -0.25) is 0 Å². The van der Waals surface area contributed by atoms with Gasteiger partial charge >= 0.3 is 0 Å². The Bertz CT molecular complexity index is 292. The topological polar surface area (TPSA) is 15.3 Å². The van der Waals surface area contributed by atoms with Gasteiger partial charge in [0, 0.05) is 12.6 Å². The first-order valence-electron chi connectivity index (χ1n) is 6.15. The van der Waals surface area contributed by atoms with E-state index in [1.54, 1.807) is 0 Å². The van der Waals surface area contributed by atoms with Crippen molar-refractivity contribution in [1.29, 1.82) is 0 Å². The first-order valence-corrected chi connectivity index (χ1v) is 6.15. The Balaban J connectivity index is 2.72. The summed E-state index contributed by atoms with van der Waals surface area (Å²) < 4.78 is 0. The van der Waals surface area contributed by atoms with Crippen LogP contribution in [0.2, 0.25) is 0 Å². The molecule has 0 amide bonds. The van der Waals surface area contributed by atoms with Gasteiger partial charge in [0.2, 0.25) is 0 Å². The minimum absolute atomic E-state index is 0.440. The summed E-state index contributed by atoms with van der Waals surface area (Å²) in [6.45, 7) is 9.65. The van der Waals surface area contributed by atoms with E-state index >= 15 is 0 Å². The number of aryl methyl sites for hydroxylation is 1. The lowest BCUT2D eigenvalue weighted by molar-refractivity contribution is 0.305. The molecule has 16 heavy (non-hydrogen) atoms. The standard InChI is InChI=1S/C14H24N2/c1-5-15-14(11-16(4)6-2)13-9-7-12(3)8-10-13/h7-10,14-15H,5-6,11H2,1-4H3. The average molecular weight is 220 g/mol. The van der Waals surface area contributed by atoms with Crippen molar-refractivity contribution in [3.8, 4) is 0 Å². The molecule has 0 saturated carbocycles. The summed E-state index contributed by atoms with van der Waals surface area (Å²) in [5.41, 5.74) is 2.70. The summed E-state index contributed by atoms with van der Waals surface area (Å²) in [7, 11) is 2.17. The summed E-state index contributed by atoms with van der Waals surface area (Å²) >= 11 is 0. The van der Waals surface area contributed by atoms with Gasteiger partial charge in [0.1, 0.15) is 0 Å². The number of hydrogen-bond donors (Lipinski definition) is 1. The Morgan fingerprint density at radius 1 is 1.19 bits per heavy atom. The van der Waals surface area contributed by atoms with Crippen molar-refractivity contribution >= 4 is 0 Å². The van der Waals surface area contributed by atoms with Crippen LogP contribution in [0.1, 0.15) is 31.0 Å². The summed E-state index contributed by atoms with van der Waals surface area (Å²) in [4.78, 5) is 2.34. The smallest absolute Gasteiger partial charge is 0.0449 e. The normalized spacial score (nSPS) is 13.1.